The number of rotatable bonds is 3. The van der Waals surface area contributed by atoms with E-state index in [1.807, 2.05) is 43.3 Å². The lowest BCUT2D eigenvalue weighted by Gasteiger charge is -2.41. The fraction of sp³-hybridized carbons (Fsp3) is 0.280. The van der Waals surface area contributed by atoms with Crippen LogP contribution in [0.3, 0.4) is 0 Å². The van der Waals surface area contributed by atoms with Crippen LogP contribution < -0.4 is 9.64 Å². The molecule has 2 aromatic carbocycles. The molecule has 1 aliphatic heterocycles. The molecule has 1 N–H and O–H groups in total. The monoisotopic (exact) mass is 400 g/mol. The highest BCUT2D eigenvalue weighted by atomic mass is 16.5. The predicted molar refractivity (Wildman–Crippen MR) is 117 cm³/mol. The van der Waals surface area contributed by atoms with Gasteiger partial charge in [-0.25, -0.2) is 4.98 Å². The van der Waals surface area contributed by atoms with E-state index in [-0.39, 0.29) is 12.5 Å². The summed E-state index contributed by atoms with van der Waals surface area (Å²) >= 11 is 0. The maximum atomic E-state index is 12.1. The summed E-state index contributed by atoms with van der Waals surface area (Å²) in [4.78, 5) is 18.5. The normalized spacial score (nSPS) is 22.8. The van der Waals surface area contributed by atoms with Crippen LogP contribution in [0.5, 0.6) is 5.88 Å². The minimum absolute atomic E-state index is 0.00116. The second-order valence-corrected chi connectivity index (χ2v) is 8.54. The molecule has 1 aliphatic carbocycles. The molecular weight excluding hydrogens is 376 g/mol. The van der Waals surface area contributed by atoms with Gasteiger partial charge >= 0.3 is 0 Å². The number of ether oxygens (including phenoxy) is 1. The van der Waals surface area contributed by atoms with Gasteiger partial charge in [-0.2, -0.15) is 0 Å². The Kier molecular flexibility index (Phi) is 4.36. The standard InChI is InChI=1S/C25H24N2O3/c1-25(29)13-19(14-25)16-8-10-18(11-9-16)23-20(17-6-4-3-5-7-17)12-21-24(26-23)30-15-22(28)27(21)2/h3-12,19,29H,13-15H2,1-2H3. The third-order valence-electron chi connectivity index (χ3n) is 6.15. The van der Waals surface area contributed by atoms with Crippen molar-refractivity contribution in [3.05, 3.63) is 66.2 Å². The van der Waals surface area contributed by atoms with E-state index in [4.69, 9.17) is 9.72 Å². The van der Waals surface area contributed by atoms with Crippen LogP contribution in [0.15, 0.2) is 60.7 Å². The molecule has 1 aromatic heterocycles. The smallest absolute Gasteiger partial charge is 0.264 e. The topological polar surface area (TPSA) is 62.7 Å². The van der Waals surface area contributed by atoms with Crippen LogP contribution in [-0.2, 0) is 4.79 Å². The Hall–Kier alpha value is -3.18. The highest BCUT2D eigenvalue weighted by molar-refractivity contribution is 5.98. The molecule has 0 atom stereocenters. The van der Waals surface area contributed by atoms with E-state index in [0.29, 0.717) is 17.5 Å². The van der Waals surface area contributed by atoms with E-state index in [9.17, 15) is 9.90 Å². The van der Waals surface area contributed by atoms with Crippen molar-refractivity contribution in [3.8, 4) is 28.3 Å². The maximum Gasteiger partial charge on any atom is 0.264 e. The maximum absolute atomic E-state index is 12.1. The van der Waals surface area contributed by atoms with Crippen molar-refractivity contribution >= 4 is 11.6 Å². The molecule has 5 heteroatoms. The predicted octanol–water partition coefficient (Wildman–Crippen LogP) is 4.40. The van der Waals surface area contributed by atoms with Crippen LogP contribution >= 0.6 is 0 Å². The lowest BCUT2D eigenvalue weighted by molar-refractivity contribution is -0.121. The molecule has 1 amide bonds. The first kappa shape index (κ1) is 18.8. The van der Waals surface area contributed by atoms with Crippen molar-refractivity contribution in [2.45, 2.75) is 31.3 Å². The number of carbonyl (C=O) groups is 1. The number of anilines is 1. The summed E-state index contributed by atoms with van der Waals surface area (Å²) in [5, 5.41) is 10.0. The van der Waals surface area contributed by atoms with E-state index in [1.54, 1.807) is 11.9 Å². The average molecular weight is 400 g/mol. The molecule has 30 heavy (non-hydrogen) atoms. The number of aliphatic hydroxyl groups is 1. The second kappa shape index (κ2) is 6.96. The largest absolute Gasteiger partial charge is 0.466 e. The number of likely N-dealkylation sites (N-methyl/N-ethyl adjacent to an activating group) is 1. The van der Waals surface area contributed by atoms with Gasteiger partial charge in [0.05, 0.1) is 11.3 Å². The molecule has 5 rings (SSSR count). The first-order valence-corrected chi connectivity index (χ1v) is 10.2. The molecule has 0 bridgehead atoms. The van der Waals surface area contributed by atoms with Gasteiger partial charge in [-0.15, -0.1) is 0 Å². The SMILES string of the molecule is CN1C(=O)COc2nc(-c3ccc(C4CC(C)(O)C4)cc3)c(-c3ccccc3)cc21. The van der Waals surface area contributed by atoms with Crippen molar-refractivity contribution in [2.75, 3.05) is 18.6 Å². The molecule has 152 valence electrons. The van der Waals surface area contributed by atoms with Crippen molar-refractivity contribution in [1.29, 1.82) is 0 Å². The van der Waals surface area contributed by atoms with Gasteiger partial charge in [0.25, 0.3) is 5.91 Å². The van der Waals surface area contributed by atoms with E-state index < -0.39 is 5.60 Å². The molecule has 1 saturated carbocycles. The summed E-state index contributed by atoms with van der Waals surface area (Å²) in [5.41, 5.74) is 5.20. The Balaban J connectivity index is 1.58. The molecular formula is C25H24N2O3. The Labute approximate surface area is 176 Å². The van der Waals surface area contributed by atoms with Crippen molar-refractivity contribution in [2.24, 2.45) is 0 Å². The summed E-state index contributed by atoms with van der Waals surface area (Å²) in [5.74, 6) is 0.796. The Bertz CT molecular complexity index is 1100. The van der Waals surface area contributed by atoms with Gasteiger partial charge in [0, 0.05) is 18.2 Å². The Morgan fingerprint density at radius 3 is 2.43 bits per heavy atom. The number of pyridine rings is 1. The van der Waals surface area contributed by atoms with Crippen molar-refractivity contribution < 1.29 is 14.6 Å². The highest BCUT2D eigenvalue weighted by Gasteiger charge is 2.39. The van der Waals surface area contributed by atoms with Crippen LogP contribution in [0.25, 0.3) is 22.4 Å². The Morgan fingerprint density at radius 1 is 1.07 bits per heavy atom. The number of fused-ring (bicyclic) bond motifs is 1. The second-order valence-electron chi connectivity index (χ2n) is 8.54. The van der Waals surface area contributed by atoms with Gasteiger partial charge in [0.15, 0.2) is 6.61 Å². The molecule has 0 saturated heterocycles. The molecule has 5 nitrogen and oxygen atoms in total. The number of nitrogens with zero attached hydrogens (tertiary/aromatic N) is 2. The number of hydrogen-bond acceptors (Lipinski definition) is 4. The summed E-state index contributed by atoms with van der Waals surface area (Å²) in [6.07, 6.45) is 1.60. The van der Waals surface area contributed by atoms with E-state index in [1.165, 1.54) is 5.56 Å². The van der Waals surface area contributed by atoms with Gasteiger partial charge in [0.1, 0.15) is 5.69 Å². The summed E-state index contributed by atoms with van der Waals surface area (Å²) in [6, 6.07) is 20.5. The van der Waals surface area contributed by atoms with Crippen molar-refractivity contribution in [3.63, 3.8) is 0 Å². The average Bonchev–Trinajstić information content (AvgIpc) is 2.75. The van der Waals surface area contributed by atoms with Gasteiger partial charge < -0.3 is 14.7 Å². The van der Waals surface area contributed by atoms with Crippen LogP contribution in [-0.4, -0.2) is 35.3 Å². The Morgan fingerprint density at radius 2 is 1.77 bits per heavy atom. The zero-order chi connectivity index (χ0) is 20.9. The van der Waals surface area contributed by atoms with Crippen LogP contribution in [0.2, 0.25) is 0 Å². The van der Waals surface area contributed by atoms with Gasteiger partial charge in [-0.1, -0.05) is 54.6 Å². The van der Waals surface area contributed by atoms with Gasteiger partial charge in [0.2, 0.25) is 5.88 Å². The number of carbonyl (C=O) groups excluding carboxylic acids is 1. The first-order chi connectivity index (χ1) is 14.4. The first-order valence-electron chi connectivity index (χ1n) is 10.2. The number of benzene rings is 2. The lowest BCUT2D eigenvalue weighted by atomic mass is 9.69. The quantitative estimate of drug-likeness (QED) is 0.708. The lowest BCUT2D eigenvalue weighted by Crippen LogP contribution is -2.39. The molecule has 0 radical (unpaired) electrons. The molecule has 1 fully saturated rings. The van der Waals surface area contributed by atoms with E-state index in [0.717, 1.165) is 35.2 Å². The summed E-state index contributed by atoms with van der Waals surface area (Å²) in [7, 11) is 1.75. The fourth-order valence-electron chi connectivity index (χ4n) is 4.40. The molecule has 3 aromatic rings. The molecule has 2 heterocycles. The molecule has 0 unspecified atom stereocenters. The third-order valence-corrected chi connectivity index (χ3v) is 6.15. The highest BCUT2D eigenvalue weighted by Crippen LogP contribution is 2.45. The zero-order valence-corrected chi connectivity index (χ0v) is 17.1. The zero-order valence-electron chi connectivity index (χ0n) is 17.1. The minimum atomic E-state index is -0.537. The van der Waals surface area contributed by atoms with Gasteiger partial charge in [-0.3, -0.25) is 4.79 Å². The summed E-state index contributed by atoms with van der Waals surface area (Å²) in [6.45, 7) is 1.89. The summed E-state index contributed by atoms with van der Waals surface area (Å²) < 4.78 is 5.64. The number of hydrogen-bond donors (Lipinski definition) is 1. The number of amides is 1. The minimum Gasteiger partial charge on any atom is -0.466 e. The van der Waals surface area contributed by atoms with E-state index in [2.05, 4.69) is 24.3 Å². The van der Waals surface area contributed by atoms with Crippen molar-refractivity contribution in [1.82, 2.24) is 4.98 Å². The van der Waals surface area contributed by atoms with Crippen LogP contribution in [0, 0.1) is 0 Å². The van der Waals surface area contributed by atoms with Crippen LogP contribution in [0.1, 0.15) is 31.2 Å². The van der Waals surface area contributed by atoms with Crippen LogP contribution in [0.4, 0.5) is 5.69 Å². The fourth-order valence-corrected chi connectivity index (χ4v) is 4.40. The molecule has 2 aliphatic rings. The third kappa shape index (κ3) is 3.25. The van der Waals surface area contributed by atoms with E-state index >= 15 is 0 Å². The number of aromatic nitrogens is 1. The van der Waals surface area contributed by atoms with Gasteiger partial charge in [-0.05, 0) is 42.9 Å². The molecule has 0 spiro atoms.